The zero-order chi connectivity index (χ0) is 11.3. The second-order valence-corrected chi connectivity index (χ2v) is 4.99. The van der Waals surface area contributed by atoms with Crippen LogP contribution in [-0.2, 0) is 4.74 Å². The molecule has 0 saturated carbocycles. The van der Waals surface area contributed by atoms with E-state index >= 15 is 0 Å². The number of rotatable bonds is 5. The molecule has 0 radical (unpaired) electrons. The third kappa shape index (κ3) is 4.09. The lowest BCUT2D eigenvalue weighted by Crippen LogP contribution is -2.61. The Morgan fingerprint density at radius 2 is 2.13 bits per heavy atom. The smallest absolute Gasteiger partial charge is 0.0593 e. The largest absolute Gasteiger partial charge is 0.380 e. The van der Waals surface area contributed by atoms with Crippen molar-refractivity contribution in [1.29, 1.82) is 0 Å². The third-order valence-corrected chi connectivity index (χ3v) is 3.13. The molecule has 1 unspecified atom stereocenters. The van der Waals surface area contributed by atoms with Crippen molar-refractivity contribution in [3.8, 4) is 0 Å². The molecular formula is C12H26N2O. The molecule has 3 heteroatoms. The molecule has 3 nitrogen and oxygen atoms in total. The maximum atomic E-state index is 5.44. The fourth-order valence-corrected chi connectivity index (χ4v) is 2.21. The lowest BCUT2D eigenvalue weighted by molar-refractivity contribution is 0.0516. The first-order valence-corrected chi connectivity index (χ1v) is 6.16. The van der Waals surface area contributed by atoms with Crippen molar-refractivity contribution < 1.29 is 4.74 Å². The summed E-state index contributed by atoms with van der Waals surface area (Å²) in [6.07, 6.45) is 1.22. The van der Waals surface area contributed by atoms with Gasteiger partial charge in [0.2, 0.25) is 0 Å². The summed E-state index contributed by atoms with van der Waals surface area (Å²) in [6, 6.07) is 0.679. The van der Waals surface area contributed by atoms with Crippen molar-refractivity contribution in [1.82, 2.24) is 10.2 Å². The molecule has 1 aliphatic heterocycles. The van der Waals surface area contributed by atoms with Crippen molar-refractivity contribution in [2.45, 2.75) is 45.7 Å². The average Bonchev–Trinajstić information content (AvgIpc) is 2.17. The van der Waals surface area contributed by atoms with Crippen LogP contribution in [0.15, 0.2) is 0 Å². The Morgan fingerprint density at radius 1 is 1.40 bits per heavy atom. The molecule has 1 N–H and O–H groups in total. The van der Waals surface area contributed by atoms with Crippen LogP contribution in [0.1, 0.15) is 34.1 Å². The van der Waals surface area contributed by atoms with Crippen molar-refractivity contribution in [3.63, 3.8) is 0 Å². The highest BCUT2D eigenvalue weighted by Crippen LogP contribution is 2.16. The molecule has 0 spiro atoms. The number of piperazine rings is 1. The van der Waals surface area contributed by atoms with E-state index in [1.54, 1.807) is 0 Å². The van der Waals surface area contributed by atoms with Gasteiger partial charge in [-0.1, -0.05) is 6.92 Å². The molecule has 0 aromatic carbocycles. The van der Waals surface area contributed by atoms with Crippen molar-refractivity contribution in [2.24, 2.45) is 0 Å². The standard InChI is InChI=1S/C12H26N2O/c1-5-11-9-13-12(3,4)10-14(11)7-8-15-6-2/h11,13H,5-10H2,1-4H3. The van der Waals surface area contributed by atoms with Crippen molar-refractivity contribution >= 4 is 0 Å². The van der Waals surface area contributed by atoms with Gasteiger partial charge in [-0.3, -0.25) is 4.90 Å². The predicted molar refractivity (Wildman–Crippen MR) is 64.2 cm³/mol. The van der Waals surface area contributed by atoms with Gasteiger partial charge >= 0.3 is 0 Å². The Hall–Kier alpha value is -0.120. The summed E-state index contributed by atoms with van der Waals surface area (Å²) >= 11 is 0. The van der Waals surface area contributed by atoms with E-state index in [4.69, 9.17) is 4.74 Å². The minimum atomic E-state index is 0.248. The van der Waals surface area contributed by atoms with Gasteiger partial charge in [-0.25, -0.2) is 0 Å². The molecule has 0 aliphatic carbocycles. The van der Waals surface area contributed by atoms with Crippen LogP contribution in [0.3, 0.4) is 0 Å². The van der Waals surface area contributed by atoms with Gasteiger partial charge in [0.15, 0.2) is 0 Å². The maximum absolute atomic E-state index is 5.44. The van der Waals surface area contributed by atoms with E-state index in [2.05, 4.69) is 37.9 Å². The van der Waals surface area contributed by atoms with Crippen molar-refractivity contribution in [3.05, 3.63) is 0 Å². The predicted octanol–water partition coefficient (Wildman–Crippen LogP) is 1.49. The minimum Gasteiger partial charge on any atom is -0.380 e. The number of hydrogen-bond donors (Lipinski definition) is 1. The SMILES string of the molecule is CCOCCN1CC(C)(C)NCC1CC. The lowest BCUT2D eigenvalue weighted by Gasteiger charge is -2.44. The van der Waals surface area contributed by atoms with Crippen LogP contribution < -0.4 is 5.32 Å². The van der Waals surface area contributed by atoms with E-state index in [9.17, 15) is 0 Å². The normalized spacial score (nSPS) is 26.8. The van der Waals surface area contributed by atoms with Gasteiger partial charge in [0, 0.05) is 37.8 Å². The minimum absolute atomic E-state index is 0.248. The lowest BCUT2D eigenvalue weighted by atomic mass is 9.98. The molecular weight excluding hydrogens is 188 g/mol. The number of nitrogens with zero attached hydrogens (tertiary/aromatic N) is 1. The molecule has 0 bridgehead atoms. The molecule has 1 heterocycles. The van der Waals surface area contributed by atoms with E-state index in [1.807, 2.05) is 0 Å². The summed E-state index contributed by atoms with van der Waals surface area (Å²) in [4.78, 5) is 2.56. The average molecular weight is 214 g/mol. The van der Waals surface area contributed by atoms with E-state index in [-0.39, 0.29) is 5.54 Å². The summed E-state index contributed by atoms with van der Waals surface area (Å²) in [6.45, 7) is 13.8. The first-order valence-electron chi connectivity index (χ1n) is 6.16. The fraction of sp³-hybridized carbons (Fsp3) is 1.00. The fourth-order valence-electron chi connectivity index (χ4n) is 2.21. The highest BCUT2D eigenvalue weighted by atomic mass is 16.5. The highest BCUT2D eigenvalue weighted by Gasteiger charge is 2.30. The van der Waals surface area contributed by atoms with Crippen LogP contribution in [0.4, 0.5) is 0 Å². The number of nitrogens with one attached hydrogen (secondary N) is 1. The van der Waals surface area contributed by atoms with Gasteiger partial charge < -0.3 is 10.1 Å². The van der Waals surface area contributed by atoms with Gasteiger partial charge in [0.05, 0.1) is 6.61 Å². The zero-order valence-electron chi connectivity index (χ0n) is 10.7. The Balaban J connectivity index is 2.41. The summed E-state index contributed by atoms with van der Waals surface area (Å²) < 4.78 is 5.44. The Bertz CT molecular complexity index is 182. The number of ether oxygens (including phenoxy) is 1. The first-order chi connectivity index (χ1) is 7.09. The molecule has 1 saturated heterocycles. The van der Waals surface area contributed by atoms with Gasteiger partial charge in [-0.15, -0.1) is 0 Å². The Labute approximate surface area is 94.2 Å². The quantitative estimate of drug-likeness (QED) is 0.702. The Kier molecular flexibility index (Phi) is 5.03. The summed E-state index contributed by atoms with van der Waals surface area (Å²) in [7, 11) is 0. The molecule has 1 rings (SSSR count). The summed E-state index contributed by atoms with van der Waals surface area (Å²) in [5, 5.41) is 3.60. The van der Waals surface area contributed by atoms with Crippen LogP contribution in [0.25, 0.3) is 0 Å². The molecule has 90 valence electrons. The van der Waals surface area contributed by atoms with E-state index in [0.717, 1.165) is 32.8 Å². The van der Waals surface area contributed by atoms with Crippen LogP contribution in [-0.4, -0.2) is 49.3 Å². The van der Waals surface area contributed by atoms with Crippen LogP contribution >= 0.6 is 0 Å². The van der Waals surface area contributed by atoms with Gasteiger partial charge in [-0.05, 0) is 27.2 Å². The van der Waals surface area contributed by atoms with E-state index < -0.39 is 0 Å². The van der Waals surface area contributed by atoms with Gasteiger partial charge in [0.1, 0.15) is 0 Å². The molecule has 0 aromatic heterocycles. The third-order valence-electron chi connectivity index (χ3n) is 3.13. The zero-order valence-corrected chi connectivity index (χ0v) is 10.7. The molecule has 1 atom stereocenters. The molecule has 1 fully saturated rings. The molecule has 0 aromatic rings. The monoisotopic (exact) mass is 214 g/mol. The van der Waals surface area contributed by atoms with E-state index in [0.29, 0.717) is 6.04 Å². The Morgan fingerprint density at radius 3 is 2.73 bits per heavy atom. The van der Waals surface area contributed by atoms with Gasteiger partial charge in [0.25, 0.3) is 0 Å². The van der Waals surface area contributed by atoms with Crippen LogP contribution in [0, 0.1) is 0 Å². The van der Waals surface area contributed by atoms with E-state index in [1.165, 1.54) is 6.42 Å². The molecule has 15 heavy (non-hydrogen) atoms. The second kappa shape index (κ2) is 5.83. The molecule has 1 aliphatic rings. The highest BCUT2D eigenvalue weighted by molar-refractivity contribution is 4.91. The topological polar surface area (TPSA) is 24.5 Å². The second-order valence-electron chi connectivity index (χ2n) is 4.99. The van der Waals surface area contributed by atoms with Crippen LogP contribution in [0.5, 0.6) is 0 Å². The van der Waals surface area contributed by atoms with Crippen molar-refractivity contribution in [2.75, 3.05) is 32.8 Å². The van der Waals surface area contributed by atoms with Crippen LogP contribution in [0.2, 0.25) is 0 Å². The first kappa shape index (κ1) is 12.9. The number of hydrogen-bond acceptors (Lipinski definition) is 3. The maximum Gasteiger partial charge on any atom is 0.0593 e. The van der Waals surface area contributed by atoms with Gasteiger partial charge in [-0.2, -0.15) is 0 Å². The summed E-state index contributed by atoms with van der Waals surface area (Å²) in [5.41, 5.74) is 0.248. The molecule has 0 amide bonds. The summed E-state index contributed by atoms with van der Waals surface area (Å²) in [5.74, 6) is 0.